The first kappa shape index (κ1) is 16.5. The maximum absolute atomic E-state index is 12.7. The van der Waals surface area contributed by atoms with E-state index in [4.69, 9.17) is 9.47 Å². The summed E-state index contributed by atoms with van der Waals surface area (Å²) in [6.07, 6.45) is 0. The Hall–Kier alpha value is -3.35. The number of hydrogen-bond donors (Lipinski definition) is 0. The third-order valence-electron chi connectivity index (χ3n) is 3.60. The molecule has 3 rings (SSSR count). The number of carbonyl (C=O) groups excluding carboxylic acids is 1. The van der Waals surface area contributed by atoms with Crippen molar-refractivity contribution < 1.29 is 23.7 Å². The van der Waals surface area contributed by atoms with E-state index in [-0.39, 0.29) is 30.1 Å². The van der Waals surface area contributed by atoms with Crippen molar-refractivity contribution in [2.45, 2.75) is 13.5 Å². The van der Waals surface area contributed by atoms with E-state index in [1.165, 1.54) is 12.1 Å². The van der Waals surface area contributed by atoms with Crippen molar-refractivity contribution in [1.29, 1.82) is 0 Å². The Bertz CT molecular complexity index is 912. The van der Waals surface area contributed by atoms with E-state index in [0.29, 0.717) is 9.46 Å². The molecule has 0 bridgehead atoms. The molecule has 0 unspecified atom stereocenters. The zero-order chi connectivity index (χ0) is 17.8. The molecule has 0 aliphatic heterocycles. The fourth-order valence-corrected chi connectivity index (χ4v) is 2.44. The quantitative estimate of drug-likeness (QED) is 0.402. The fraction of sp³-hybridized carbons (Fsp3) is 0.167. The van der Waals surface area contributed by atoms with Crippen LogP contribution in [0.3, 0.4) is 0 Å². The molecule has 0 amide bonds. The highest BCUT2D eigenvalue weighted by atomic mass is 16.6. The maximum Gasteiger partial charge on any atom is 0.464 e. The Morgan fingerprint density at radius 2 is 1.56 bits per heavy atom. The Morgan fingerprint density at radius 1 is 0.960 bits per heavy atom. The standard InChI is InChI=1S/C18H16N2O5/c1-2-24-18(21)16-17(25-12-13-8-4-3-5-9-13)20(23)15-11-7-6-10-14(15)19(16)22/h3-11H,2,12H2,1H3. The van der Waals surface area contributed by atoms with Crippen molar-refractivity contribution in [1.82, 2.24) is 0 Å². The number of rotatable bonds is 5. The number of ether oxygens (including phenoxy) is 2. The number of fused-ring (bicyclic) bond motifs is 1. The monoisotopic (exact) mass is 340 g/mol. The number of aromatic nitrogens is 2. The highest BCUT2D eigenvalue weighted by Crippen LogP contribution is 2.17. The highest BCUT2D eigenvalue weighted by molar-refractivity contribution is 5.88. The fourth-order valence-electron chi connectivity index (χ4n) is 2.44. The molecule has 3 aromatic rings. The van der Waals surface area contributed by atoms with Gasteiger partial charge in [0.1, 0.15) is 6.61 Å². The van der Waals surface area contributed by atoms with Crippen LogP contribution in [0.2, 0.25) is 0 Å². The lowest BCUT2D eigenvalue weighted by Crippen LogP contribution is -2.45. The Labute approximate surface area is 143 Å². The van der Waals surface area contributed by atoms with Crippen molar-refractivity contribution in [3.05, 3.63) is 76.3 Å². The number of nitrogens with zero attached hydrogens (tertiary/aromatic N) is 2. The summed E-state index contributed by atoms with van der Waals surface area (Å²) in [5, 5.41) is 25.3. The molecule has 7 heteroatoms. The number of hydrogen-bond acceptors (Lipinski definition) is 5. The van der Waals surface area contributed by atoms with Gasteiger partial charge in [-0.15, -0.1) is 9.46 Å². The molecule has 0 spiro atoms. The average molecular weight is 340 g/mol. The smallest absolute Gasteiger partial charge is 0.464 e. The second-order valence-electron chi connectivity index (χ2n) is 5.23. The second-order valence-corrected chi connectivity index (χ2v) is 5.23. The molecule has 25 heavy (non-hydrogen) atoms. The first-order valence-electron chi connectivity index (χ1n) is 7.75. The third kappa shape index (κ3) is 3.16. The molecule has 0 aliphatic rings. The van der Waals surface area contributed by atoms with Crippen LogP contribution in [0.4, 0.5) is 0 Å². The minimum atomic E-state index is -0.907. The minimum Gasteiger partial charge on any atom is -0.617 e. The molecule has 1 aromatic heterocycles. The third-order valence-corrected chi connectivity index (χ3v) is 3.60. The molecule has 0 N–H and O–H groups in total. The molecule has 2 aromatic carbocycles. The first-order chi connectivity index (χ1) is 12.1. The van der Waals surface area contributed by atoms with Gasteiger partial charge in [-0.1, -0.05) is 42.5 Å². The maximum atomic E-state index is 12.7. The van der Waals surface area contributed by atoms with Crippen LogP contribution in [0, 0.1) is 10.4 Å². The summed E-state index contributed by atoms with van der Waals surface area (Å²) in [5.74, 6) is -1.29. The predicted octanol–water partition coefficient (Wildman–Crippen LogP) is 1.86. The van der Waals surface area contributed by atoms with Gasteiger partial charge in [0.15, 0.2) is 0 Å². The summed E-state index contributed by atoms with van der Waals surface area (Å²) < 4.78 is 11.3. The predicted molar refractivity (Wildman–Crippen MR) is 88.6 cm³/mol. The van der Waals surface area contributed by atoms with Gasteiger partial charge in [-0.3, -0.25) is 0 Å². The lowest BCUT2D eigenvalue weighted by Gasteiger charge is -2.12. The molecular formula is C18H16N2O5. The van der Waals surface area contributed by atoms with Crippen molar-refractivity contribution in [2.75, 3.05) is 6.61 Å². The molecule has 0 fully saturated rings. The van der Waals surface area contributed by atoms with Crippen LogP contribution in [0.5, 0.6) is 5.88 Å². The Kier molecular flexibility index (Phi) is 4.65. The van der Waals surface area contributed by atoms with Crippen LogP contribution in [0.15, 0.2) is 54.6 Å². The highest BCUT2D eigenvalue weighted by Gasteiger charge is 2.36. The Balaban J connectivity index is 2.12. The van der Waals surface area contributed by atoms with E-state index in [2.05, 4.69) is 0 Å². The first-order valence-corrected chi connectivity index (χ1v) is 7.75. The molecular weight excluding hydrogens is 324 g/mol. The summed E-state index contributed by atoms with van der Waals surface area (Å²) in [5.41, 5.74) is 0.496. The largest absolute Gasteiger partial charge is 0.617 e. The zero-order valence-electron chi connectivity index (χ0n) is 13.5. The zero-order valence-corrected chi connectivity index (χ0v) is 13.5. The van der Waals surface area contributed by atoms with E-state index in [1.54, 1.807) is 19.1 Å². The topological polar surface area (TPSA) is 89.4 Å². The van der Waals surface area contributed by atoms with E-state index >= 15 is 0 Å². The molecule has 7 nitrogen and oxygen atoms in total. The number of para-hydroxylation sites is 2. The normalized spacial score (nSPS) is 10.6. The van der Waals surface area contributed by atoms with Crippen molar-refractivity contribution in [2.24, 2.45) is 0 Å². The van der Waals surface area contributed by atoms with Gasteiger partial charge in [0.2, 0.25) is 0 Å². The van der Waals surface area contributed by atoms with Gasteiger partial charge in [-0.25, -0.2) is 4.79 Å². The molecule has 0 aliphatic carbocycles. The minimum absolute atomic E-state index is 0.0355. The van der Waals surface area contributed by atoms with Gasteiger partial charge in [0.25, 0.3) is 11.0 Å². The molecule has 0 atom stereocenters. The van der Waals surface area contributed by atoms with Crippen molar-refractivity contribution in [3.63, 3.8) is 0 Å². The van der Waals surface area contributed by atoms with E-state index in [1.807, 2.05) is 30.3 Å². The van der Waals surface area contributed by atoms with Gasteiger partial charge in [-0.05, 0) is 12.5 Å². The molecule has 0 radical (unpaired) electrons. The SMILES string of the molecule is CCOC(=O)c1c(OCc2ccccc2)[n+]([O-])c2ccccc2[n+]1[O-]. The molecule has 0 saturated carbocycles. The van der Waals surface area contributed by atoms with Crippen LogP contribution in [-0.4, -0.2) is 12.6 Å². The van der Waals surface area contributed by atoms with E-state index < -0.39 is 11.7 Å². The summed E-state index contributed by atoms with van der Waals surface area (Å²) in [7, 11) is 0. The van der Waals surface area contributed by atoms with Gasteiger partial charge in [0.05, 0.1) is 6.61 Å². The number of benzene rings is 2. The Morgan fingerprint density at radius 3 is 2.20 bits per heavy atom. The summed E-state index contributed by atoms with van der Waals surface area (Å²) in [6, 6.07) is 15.3. The number of esters is 1. The van der Waals surface area contributed by atoms with Crippen LogP contribution < -0.4 is 14.2 Å². The lowest BCUT2D eigenvalue weighted by atomic mass is 10.2. The van der Waals surface area contributed by atoms with Gasteiger partial charge in [0, 0.05) is 12.1 Å². The van der Waals surface area contributed by atoms with Gasteiger partial charge in [-0.2, -0.15) is 0 Å². The average Bonchev–Trinajstić information content (AvgIpc) is 2.64. The summed E-state index contributed by atoms with van der Waals surface area (Å²) in [4.78, 5) is 12.2. The van der Waals surface area contributed by atoms with E-state index in [9.17, 15) is 15.2 Å². The van der Waals surface area contributed by atoms with Gasteiger partial charge < -0.3 is 19.9 Å². The number of carbonyl (C=O) groups is 1. The van der Waals surface area contributed by atoms with E-state index in [0.717, 1.165) is 5.56 Å². The van der Waals surface area contributed by atoms with Crippen molar-refractivity contribution in [3.8, 4) is 5.88 Å². The molecule has 0 saturated heterocycles. The molecule has 1 heterocycles. The lowest BCUT2D eigenvalue weighted by molar-refractivity contribution is -0.636. The van der Waals surface area contributed by atoms with Crippen LogP contribution in [0.25, 0.3) is 11.0 Å². The second kappa shape index (κ2) is 7.04. The van der Waals surface area contributed by atoms with Crippen LogP contribution in [0.1, 0.15) is 23.0 Å². The van der Waals surface area contributed by atoms with Crippen molar-refractivity contribution >= 4 is 17.0 Å². The van der Waals surface area contributed by atoms with Crippen LogP contribution >= 0.6 is 0 Å². The summed E-state index contributed by atoms with van der Waals surface area (Å²) in [6.45, 7) is 1.72. The van der Waals surface area contributed by atoms with Crippen LogP contribution in [-0.2, 0) is 11.3 Å². The van der Waals surface area contributed by atoms with Gasteiger partial charge >= 0.3 is 17.5 Å². The summed E-state index contributed by atoms with van der Waals surface area (Å²) >= 11 is 0. The molecule has 128 valence electrons.